The minimum Gasteiger partial charge on any atom is -0.497 e. The van der Waals surface area contributed by atoms with Crippen molar-refractivity contribution in [2.45, 2.75) is 19.0 Å². The van der Waals surface area contributed by atoms with E-state index in [-0.39, 0.29) is 11.9 Å². The second-order valence-electron chi connectivity index (χ2n) is 7.92. The monoisotopic (exact) mass is 443 g/mol. The number of amides is 1. The summed E-state index contributed by atoms with van der Waals surface area (Å²) in [7, 11) is 3.29. The van der Waals surface area contributed by atoms with Crippen LogP contribution < -0.4 is 9.47 Å². The highest BCUT2D eigenvalue weighted by atomic mass is 16.5. The van der Waals surface area contributed by atoms with Crippen LogP contribution in [0.2, 0.25) is 0 Å². The molecule has 0 saturated carbocycles. The van der Waals surface area contributed by atoms with Gasteiger partial charge in [0.2, 0.25) is 0 Å². The van der Waals surface area contributed by atoms with Crippen LogP contribution in [0.4, 0.5) is 0 Å². The fourth-order valence-corrected chi connectivity index (χ4v) is 4.37. The van der Waals surface area contributed by atoms with Crippen LogP contribution in [-0.4, -0.2) is 51.3 Å². The lowest BCUT2D eigenvalue weighted by atomic mass is 9.96. The number of benzene rings is 2. The number of carbonyl (C=O) groups excluding carboxylic acids is 1. The lowest BCUT2D eigenvalue weighted by Gasteiger charge is -2.26. The first-order valence-electron chi connectivity index (χ1n) is 10.8. The van der Waals surface area contributed by atoms with Gasteiger partial charge in [-0.1, -0.05) is 12.1 Å². The van der Waals surface area contributed by atoms with Crippen molar-refractivity contribution in [2.24, 2.45) is 0 Å². The quantitative estimate of drug-likeness (QED) is 0.446. The Morgan fingerprint density at radius 3 is 2.30 bits per heavy atom. The predicted octanol–water partition coefficient (Wildman–Crippen LogP) is 3.93. The standard InChI is InChI=1S/C25H25N5O3/c1-32-19-8-4-17(5-9-19)22-21-23(28-27-22)25(31)30(14-3-13-29-15-12-26-16-29)24(21)18-6-10-20(33-2)11-7-18/h4-12,15-16,24H,3,13-14H2,1-2H3,(H,27,28). The van der Waals surface area contributed by atoms with Gasteiger partial charge in [0, 0.05) is 36.6 Å². The highest BCUT2D eigenvalue weighted by Crippen LogP contribution is 2.43. The number of hydrogen-bond donors (Lipinski definition) is 1. The molecule has 2 aromatic carbocycles. The largest absolute Gasteiger partial charge is 0.497 e. The van der Waals surface area contributed by atoms with Gasteiger partial charge in [-0.05, 0) is 48.4 Å². The Morgan fingerprint density at radius 2 is 1.67 bits per heavy atom. The Kier molecular flexibility index (Phi) is 5.56. The van der Waals surface area contributed by atoms with Crippen molar-refractivity contribution in [3.05, 3.63) is 84.1 Å². The molecule has 33 heavy (non-hydrogen) atoms. The zero-order chi connectivity index (χ0) is 22.8. The van der Waals surface area contributed by atoms with Gasteiger partial charge in [0.25, 0.3) is 5.91 Å². The molecule has 0 fully saturated rings. The maximum absolute atomic E-state index is 13.4. The van der Waals surface area contributed by atoms with E-state index in [2.05, 4.69) is 15.2 Å². The Bertz CT molecular complexity index is 1230. The maximum Gasteiger partial charge on any atom is 0.273 e. The van der Waals surface area contributed by atoms with E-state index < -0.39 is 0 Å². The minimum absolute atomic E-state index is 0.0382. The molecule has 0 bridgehead atoms. The molecule has 3 heterocycles. The summed E-state index contributed by atoms with van der Waals surface area (Å²) in [5, 5.41) is 7.54. The molecule has 1 aliphatic heterocycles. The van der Waals surface area contributed by atoms with E-state index in [9.17, 15) is 4.79 Å². The zero-order valence-electron chi connectivity index (χ0n) is 18.6. The van der Waals surface area contributed by atoms with Crippen molar-refractivity contribution in [3.63, 3.8) is 0 Å². The Balaban J connectivity index is 1.51. The number of fused-ring (bicyclic) bond motifs is 1. The minimum atomic E-state index is -0.239. The smallest absolute Gasteiger partial charge is 0.273 e. The van der Waals surface area contributed by atoms with Crippen LogP contribution in [0.3, 0.4) is 0 Å². The van der Waals surface area contributed by atoms with Crippen molar-refractivity contribution in [1.29, 1.82) is 0 Å². The summed E-state index contributed by atoms with van der Waals surface area (Å²) >= 11 is 0. The summed E-state index contributed by atoms with van der Waals surface area (Å²) < 4.78 is 12.6. The van der Waals surface area contributed by atoms with Gasteiger partial charge >= 0.3 is 0 Å². The van der Waals surface area contributed by atoms with Gasteiger partial charge in [0.05, 0.1) is 32.3 Å². The topological polar surface area (TPSA) is 85.3 Å². The summed E-state index contributed by atoms with van der Waals surface area (Å²) in [5.74, 6) is 1.51. The van der Waals surface area contributed by atoms with E-state index in [0.29, 0.717) is 12.2 Å². The molecule has 5 rings (SSSR count). The SMILES string of the molecule is COc1ccc(-c2n[nH]c3c2C(c2ccc(OC)cc2)N(CCCn2ccnc2)C3=O)cc1. The van der Waals surface area contributed by atoms with E-state index in [4.69, 9.17) is 9.47 Å². The van der Waals surface area contributed by atoms with Crippen LogP contribution >= 0.6 is 0 Å². The molecule has 1 amide bonds. The Morgan fingerprint density at radius 1 is 0.970 bits per heavy atom. The summed E-state index contributed by atoms with van der Waals surface area (Å²) in [5.41, 5.74) is 4.17. The molecule has 8 heteroatoms. The number of aromatic amines is 1. The molecular weight excluding hydrogens is 418 g/mol. The van der Waals surface area contributed by atoms with Crippen LogP contribution in [-0.2, 0) is 6.54 Å². The molecule has 1 N–H and O–H groups in total. The van der Waals surface area contributed by atoms with Crippen molar-refractivity contribution >= 4 is 5.91 Å². The number of ether oxygens (including phenoxy) is 2. The number of aromatic nitrogens is 4. The third-order valence-electron chi connectivity index (χ3n) is 6.03. The number of rotatable bonds is 8. The summed E-state index contributed by atoms with van der Waals surface area (Å²) in [6.07, 6.45) is 6.30. The molecule has 8 nitrogen and oxygen atoms in total. The van der Waals surface area contributed by atoms with Gasteiger partial charge in [-0.15, -0.1) is 0 Å². The highest BCUT2D eigenvalue weighted by molar-refractivity contribution is 6.00. The number of imidazole rings is 1. The predicted molar refractivity (Wildman–Crippen MR) is 123 cm³/mol. The Labute approximate surface area is 191 Å². The lowest BCUT2D eigenvalue weighted by Crippen LogP contribution is -2.31. The first-order valence-corrected chi connectivity index (χ1v) is 10.8. The molecule has 1 aliphatic rings. The van der Waals surface area contributed by atoms with Crippen molar-refractivity contribution in [2.75, 3.05) is 20.8 Å². The van der Waals surface area contributed by atoms with Crippen molar-refractivity contribution in [3.8, 4) is 22.8 Å². The van der Waals surface area contributed by atoms with Gasteiger partial charge in [-0.2, -0.15) is 5.10 Å². The number of aryl methyl sites for hydroxylation is 1. The zero-order valence-corrected chi connectivity index (χ0v) is 18.6. The van der Waals surface area contributed by atoms with Crippen LogP contribution in [0.25, 0.3) is 11.3 Å². The van der Waals surface area contributed by atoms with Crippen LogP contribution in [0.5, 0.6) is 11.5 Å². The fourth-order valence-electron chi connectivity index (χ4n) is 4.37. The maximum atomic E-state index is 13.4. The van der Waals surface area contributed by atoms with Gasteiger partial charge < -0.3 is 18.9 Å². The molecule has 0 spiro atoms. The van der Waals surface area contributed by atoms with Gasteiger partial charge in [0.15, 0.2) is 0 Å². The second-order valence-corrected chi connectivity index (χ2v) is 7.92. The molecule has 0 saturated heterocycles. The number of carbonyl (C=O) groups is 1. The first kappa shape index (κ1) is 20.8. The van der Waals surface area contributed by atoms with E-state index in [0.717, 1.165) is 46.8 Å². The third-order valence-corrected chi connectivity index (χ3v) is 6.03. The van der Waals surface area contributed by atoms with Crippen molar-refractivity contribution in [1.82, 2.24) is 24.6 Å². The number of nitrogens with zero attached hydrogens (tertiary/aromatic N) is 4. The summed E-state index contributed by atoms with van der Waals surface area (Å²) in [6, 6.07) is 15.4. The first-order chi connectivity index (χ1) is 16.2. The van der Waals surface area contributed by atoms with E-state index in [1.54, 1.807) is 26.7 Å². The number of hydrogen-bond acceptors (Lipinski definition) is 5. The average molecular weight is 444 g/mol. The number of H-pyrrole nitrogens is 1. The van der Waals surface area contributed by atoms with E-state index >= 15 is 0 Å². The second kappa shape index (κ2) is 8.82. The van der Waals surface area contributed by atoms with E-state index in [1.807, 2.05) is 64.2 Å². The van der Waals surface area contributed by atoms with Crippen molar-refractivity contribution < 1.29 is 14.3 Å². The number of nitrogens with one attached hydrogen (secondary N) is 1. The Hall–Kier alpha value is -4.07. The summed E-state index contributed by atoms with van der Waals surface area (Å²) in [4.78, 5) is 19.5. The van der Waals surface area contributed by atoms with Crippen LogP contribution in [0.15, 0.2) is 67.3 Å². The third kappa shape index (κ3) is 3.84. The van der Waals surface area contributed by atoms with Gasteiger partial charge in [0.1, 0.15) is 17.2 Å². The fraction of sp³-hybridized carbons (Fsp3) is 0.240. The van der Waals surface area contributed by atoms with E-state index in [1.165, 1.54) is 0 Å². The normalized spacial score (nSPS) is 15.0. The molecule has 1 atom stereocenters. The molecule has 0 radical (unpaired) electrons. The highest BCUT2D eigenvalue weighted by Gasteiger charge is 2.41. The van der Waals surface area contributed by atoms with Crippen LogP contribution in [0.1, 0.15) is 34.1 Å². The molecule has 2 aromatic heterocycles. The molecule has 1 unspecified atom stereocenters. The van der Waals surface area contributed by atoms with Gasteiger partial charge in [-0.3, -0.25) is 9.89 Å². The van der Waals surface area contributed by atoms with Crippen LogP contribution in [0, 0.1) is 0 Å². The van der Waals surface area contributed by atoms with Gasteiger partial charge in [-0.25, -0.2) is 4.98 Å². The molecule has 168 valence electrons. The molecular formula is C25H25N5O3. The molecule has 4 aromatic rings. The summed E-state index contributed by atoms with van der Waals surface area (Å²) in [6.45, 7) is 1.40. The number of methoxy groups -OCH3 is 2. The molecule has 0 aliphatic carbocycles. The average Bonchev–Trinajstić information content (AvgIpc) is 3.58. The lowest BCUT2D eigenvalue weighted by molar-refractivity contribution is 0.0739.